The van der Waals surface area contributed by atoms with Gasteiger partial charge < -0.3 is 4.18 Å². The Morgan fingerprint density at radius 3 is 1.62 bits per heavy atom. The highest BCUT2D eigenvalue weighted by atomic mass is 32.2. The molecule has 34 heavy (non-hydrogen) atoms. The molecule has 0 N–H and O–H groups in total. The average molecular weight is 495 g/mol. The maximum absolute atomic E-state index is 13.1. The van der Waals surface area contributed by atoms with Crippen molar-refractivity contribution in [3.05, 3.63) is 29.3 Å². The van der Waals surface area contributed by atoms with Crippen molar-refractivity contribution in [3.63, 3.8) is 0 Å². The van der Waals surface area contributed by atoms with E-state index in [1.807, 2.05) is 0 Å². The highest BCUT2D eigenvalue weighted by Gasteiger charge is 2.56. The Morgan fingerprint density at radius 2 is 1.15 bits per heavy atom. The standard InChI is InChI=1S/C27H33F3O3S/c28-27(29,30)34(31,32)33-18-8-14(23-10-16-12-25(23)21-5-1-3-19(16)21)7-15(9-18)24-11-17-13-26(24)22-6-2-4-20(17)22/h7-9,16-17,19-26H,1-6,10-13H2. The molecule has 0 spiro atoms. The molecule has 10 unspecified atom stereocenters. The number of fused-ring (bicyclic) bond motifs is 10. The molecular weight excluding hydrogens is 461 g/mol. The molecule has 6 aliphatic carbocycles. The average Bonchev–Trinajstić information content (AvgIpc) is 3.59. The van der Waals surface area contributed by atoms with E-state index in [0.717, 1.165) is 59.5 Å². The Morgan fingerprint density at radius 1 is 0.676 bits per heavy atom. The zero-order valence-electron chi connectivity index (χ0n) is 19.3. The highest BCUT2D eigenvalue weighted by molar-refractivity contribution is 7.88. The zero-order chi connectivity index (χ0) is 23.4. The van der Waals surface area contributed by atoms with Gasteiger partial charge in [0.15, 0.2) is 0 Å². The van der Waals surface area contributed by atoms with Crippen LogP contribution in [0.1, 0.15) is 87.2 Å². The Bertz CT molecular complexity index is 1040. The molecule has 6 fully saturated rings. The molecule has 10 atom stereocenters. The number of halogens is 3. The topological polar surface area (TPSA) is 43.4 Å². The van der Waals surface area contributed by atoms with E-state index < -0.39 is 15.6 Å². The fraction of sp³-hybridized carbons (Fsp3) is 0.778. The molecule has 186 valence electrons. The summed E-state index contributed by atoms with van der Waals surface area (Å²) in [4.78, 5) is 0. The van der Waals surface area contributed by atoms with Gasteiger partial charge in [-0.05, 0) is 134 Å². The first-order chi connectivity index (χ1) is 16.2. The van der Waals surface area contributed by atoms with E-state index in [0.29, 0.717) is 23.7 Å². The molecule has 3 nitrogen and oxygen atoms in total. The molecule has 6 saturated carbocycles. The van der Waals surface area contributed by atoms with Crippen LogP contribution in [0.5, 0.6) is 5.75 Å². The molecule has 1 aromatic carbocycles. The van der Waals surface area contributed by atoms with Gasteiger partial charge in [-0.2, -0.15) is 21.6 Å². The second-order valence-electron chi connectivity index (χ2n) is 12.3. The molecule has 4 bridgehead atoms. The first-order valence-electron chi connectivity index (χ1n) is 13.4. The summed E-state index contributed by atoms with van der Waals surface area (Å²) < 4.78 is 68.0. The van der Waals surface area contributed by atoms with E-state index in [4.69, 9.17) is 4.18 Å². The Labute approximate surface area is 200 Å². The number of hydrogen-bond acceptors (Lipinski definition) is 3. The van der Waals surface area contributed by atoms with E-state index >= 15 is 0 Å². The molecule has 0 radical (unpaired) electrons. The third-order valence-electron chi connectivity index (χ3n) is 11.2. The predicted octanol–water partition coefficient (Wildman–Crippen LogP) is 6.99. The molecule has 0 amide bonds. The first-order valence-corrected chi connectivity index (χ1v) is 14.8. The van der Waals surface area contributed by atoms with Crippen molar-refractivity contribution < 1.29 is 25.8 Å². The second kappa shape index (κ2) is 7.39. The minimum atomic E-state index is -5.68. The quantitative estimate of drug-likeness (QED) is 0.335. The Kier molecular flexibility index (Phi) is 4.78. The number of rotatable bonds is 4. The smallest absolute Gasteiger partial charge is 0.376 e. The third kappa shape index (κ3) is 3.17. The third-order valence-corrected chi connectivity index (χ3v) is 12.1. The summed E-state index contributed by atoms with van der Waals surface area (Å²) in [5.74, 6) is 6.23. The number of benzene rings is 1. The van der Waals surface area contributed by atoms with Crippen LogP contribution in [-0.4, -0.2) is 13.9 Å². The summed E-state index contributed by atoms with van der Waals surface area (Å²) in [7, 11) is -5.68. The van der Waals surface area contributed by atoms with Crippen LogP contribution in [0.3, 0.4) is 0 Å². The molecular formula is C27H33F3O3S. The van der Waals surface area contributed by atoms with Gasteiger partial charge in [-0.15, -0.1) is 0 Å². The zero-order valence-corrected chi connectivity index (χ0v) is 20.2. The van der Waals surface area contributed by atoms with Crippen LogP contribution >= 0.6 is 0 Å². The summed E-state index contributed by atoms with van der Waals surface area (Å²) in [5.41, 5.74) is -3.38. The van der Waals surface area contributed by atoms with Crippen molar-refractivity contribution in [1.29, 1.82) is 0 Å². The van der Waals surface area contributed by atoms with Gasteiger partial charge in [0.2, 0.25) is 0 Å². The predicted molar refractivity (Wildman–Crippen MR) is 122 cm³/mol. The van der Waals surface area contributed by atoms with Crippen molar-refractivity contribution >= 4 is 10.1 Å². The van der Waals surface area contributed by atoms with Crippen molar-refractivity contribution in [3.8, 4) is 5.75 Å². The van der Waals surface area contributed by atoms with Gasteiger partial charge in [0.05, 0.1) is 0 Å². The van der Waals surface area contributed by atoms with Crippen molar-refractivity contribution in [2.75, 3.05) is 0 Å². The van der Waals surface area contributed by atoms with E-state index in [-0.39, 0.29) is 5.75 Å². The molecule has 0 heterocycles. The number of alkyl halides is 3. The van der Waals surface area contributed by atoms with Crippen LogP contribution in [0.25, 0.3) is 0 Å². The fourth-order valence-electron chi connectivity index (χ4n) is 10.2. The van der Waals surface area contributed by atoms with Gasteiger partial charge in [-0.3, -0.25) is 0 Å². The molecule has 0 aliphatic heterocycles. The minimum absolute atomic E-state index is 0.138. The van der Waals surface area contributed by atoms with Gasteiger partial charge >= 0.3 is 15.6 Å². The molecule has 0 aromatic heterocycles. The highest BCUT2D eigenvalue weighted by Crippen LogP contribution is 2.66. The Hall–Kier alpha value is -1.24. The van der Waals surface area contributed by atoms with Crippen LogP contribution in [0.4, 0.5) is 13.2 Å². The second-order valence-corrected chi connectivity index (χ2v) is 13.9. The van der Waals surface area contributed by atoms with Crippen LogP contribution in [-0.2, 0) is 10.1 Å². The van der Waals surface area contributed by atoms with Gasteiger partial charge in [0.25, 0.3) is 0 Å². The Balaban J connectivity index is 1.25. The SMILES string of the molecule is O=S(=O)(Oc1cc(C2CC3CC2C2CCCC32)cc(C2CC3CC2C2CCCC32)c1)C(F)(F)F. The summed E-state index contributed by atoms with van der Waals surface area (Å²) in [6, 6.07) is 5.47. The molecule has 1 aromatic rings. The van der Waals surface area contributed by atoms with Gasteiger partial charge in [0.1, 0.15) is 5.75 Å². The maximum Gasteiger partial charge on any atom is 0.534 e. The lowest BCUT2D eigenvalue weighted by Gasteiger charge is -2.34. The van der Waals surface area contributed by atoms with E-state index in [2.05, 4.69) is 6.07 Å². The largest absolute Gasteiger partial charge is 0.534 e. The number of hydrogen-bond donors (Lipinski definition) is 0. The maximum atomic E-state index is 13.1. The summed E-state index contributed by atoms with van der Waals surface area (Å²) in [5, 5.41) is 0. The van der Waals surface area contributed by atoms with Gasteiger partial charge in [-0.1, -0.05) is 18.9 Å². The van der Waals surface area contributed by atoms with E-state index in [1.54, 1.807) is 12.1 Å². The van der Waals surface area contributed by atoms with Crippen molar-refractivity contribution in [2.45, 2.75) is 81.6 Å². The van der Waals surface area contributed by atoms with Crippen molar-refractivity contribution in [1.82, 2.24) is 0 Å². The summed E-state index contributed by atoms with van der Waals surface area (Å²) >= 11 is 0. The van der Waals surface area contributed by atoms with E-state index in [1.165, 1.54) is 51.4 Å². The summed E-state index contributed by atoms with van der Waals surface area (Å²) in [6.07, 6.45) is 12.4. The molecule has 6 aliphatic rings. The molecule has 7 rings (SSSR count). The van der Waals surface area contributed by atoms with E-state index in [9.17, 15) is 21.6 Å². The summed E-state index contributed by atoms with van der Waals surface area (Å²) in [6.45, 7) is 0. The lowest BCUT2D eigenvalue weighted by molar-refractivity contribution is -0.0500. The van der Waals surface area contributed by atoms with Crippen LogP contribution in [0.2, 0.25) is 0 Å². The lowest BCUT2D eigenvalue weighted by atomic mass is 9.71. The van der Waals surface area contributed by atoms with Crippen molar-refractivity contribution in [2.24, 2.45) is 47.3 Å². The molecule has 0 saturated heterocycles. The lowest BCUT2D eigenvalue weighted by Crippen LogP contribution is -2.28. The molecule has 7 heteroatoms. The van der Waals surface area contributed by atoms with Crippen LogP contribution in [0.15, 0.2) is 18.2 Å². The normalized spacial score (nSPS) is 44.6. The fourth-order valence-corrected chi connectivity index (χ4v) is 10.6. The first kappa shape index (κ1) is 22.0. The van der Waals surface area contributed by atoms with Gasteiger partial charge in [0, 0.05) is 0 Å². The minimum Gasteiger partial charge on any atom is -0.376 e. The van der Waals surface area contributed by atoms with Crippen LogP contribution in [0, 0.1) is 47.3 Å². The van der Waals surface area contributed by atoms with Crippen LogP contribution < -0.4 is 4.18 Å². The monoisotopic (exact) mass is 494 g/mol. The van der Waals surface area contributed by atoms with Gasteiger partial charge in [-0.25, -0.2) is 0 Å².